The molecule has 0 aliphatic heterocycles. The molecule has 0 fully saturated rings. The van der Waals surface area contributed by atoms with Crippen LogP contribution >= 0.6 is 11.6 Å². The molecule has 1 aromatic rings. The van der Waals surface area contributed by atoms with Crippen molar-refractivity contribution in [3.8, 4) is 0 Å². The number of carboxylic acid groups (broad SMARTS) is 1. The van der Waals surface area contributed by atoms with Crippen LogP contribution in [0, 0.1) is 0 Å². The van der Waals surface area contributed by atoms with Crippen molar-refractivity contribution in [2.45, 2.75) is 4.90 Å². The van der Waals surface area contributed by atoms with E-state index >= 15 is 0 Å². The normalized spacial score (nSPS) is 11.0. The zero-order valence-electron chi connectivity index (χ0n) is 9.46. The maximum Gasteiger partial charge on any atom is 0.322 e. The second-order valence-electron chi connectivity index (χ2n) is 3.29. The van der Waals surface area contributed by atoms with Crippen LogP contribution in [0.5, 0.6) is 0 Å². The Morgan fingerprint density at radius 2 is 2.05 bits per heavy atom. The number of nitrogens with one attached hydrogen (secondary N) is 2. The first-order chi connectivity index (χ1) is 8.83. The summed E-state index contributed by atoms with van der Waals surface area (Å²) in [4.78, 5) is 24.7. The lowest BCUT2D eigenvalue weighted by Crippen LogP contribution is -2.39. The molecule has 1 rings (SSSR count). The minimum Gasteiger partial charge on any atom is -0.480 e. The number of carbonyl (C=O) groups excluding carboxylic acids is 1. The fourth-order valence-corrected chi connectivity index (χ4v) is 2.48. The molecule has 0 saturated heterocycles. The highest BCUT2D eigenvalue weighted by Gasteiger charge is 2.19. The summed E-state index contributed by atoms with van der Waals surface area (Å²) in [5.74, 6) is -2.00. The summed E-state index contributed by atoms with van der Waals surface area (Å²) in [5.41, 5.74) is 0. The molecule has 0 aromatic carbocycles. The molecule has 0 saturated carbocycles. The molecule has 0 radical (unpaired) electrons. The lowest BCUT2D eigenvalue weighted by atomic mass is 10.5. The van der Waals surface area contributed by atoms with Crippen LogP contribution in [0.4, 0.5) is 0 Å². The van der Waals surface area contributed by atoms with E-state index in [1.54, 1.807) is 0 Å². The Hall–Kier alpha value is -1.71. The van der Waals surface area contributed by atoms with Gasteiger partial charge in [0, 0.05) is 6.20 Å². The van der Waals surface area contributed by atoms with Crippen LogP contribution in [0.1, 0.15) is 0 Å². The molecule has 1 heterocycles. The number of pyridine rings is 1. The molecule has 0 aliphatic carbocycles. The van der Waals surface area contributed by atoms with Crippen molar-refractivity contribution in [2.75, 3.05) is 13.1 Å². The molecule has 1 amide bonds. The van der Waals surface area contributed by atoms with Crippen molar-refractivity contribution in [3.63, 3.8) is 0 Å². The Kier molecular flexibility index (Phi) is 5.21. The molecule has 19 heavy (non-hydrogen) atoms. The molecule has 1 aromatic heterocycles. The maximum absolute atomic E-state index is 11.8. The Morgan fingerprint density at radius 1 is 1.37 bits per heavy atom. The lowest BCUT2D eigenvalue weighted by molar-refractivity contribution is -0.137. The summed E-state index contributed by atoms with van der Waals surface area (Å²) >= 11 is 5.62. The van der Waals surface area contributed by atoms with Gasteiger partial charge in [-0.1, -0.05) is 11.6 Å². The van der Waals surface area contributed by atoms with E-state index in [4.69, 9.17) is 16.7 Å². The SMILES string of the molecule is O=C(O)CNC(=O)CNS(=O)(=O)c1cccnc1Cl. The van der Waals surface area contributed by atoms with Crippen LogP contribution in [0.3, 0.4) is 0 Å². The Balaban J connectivity index is 2.64. The topological polar surface area (TPSA) is 125 Å². The number of amides is 1. The van der Waals surface area contributed by atoms with Crippen LogP contribution in [0.25, 0.3) is 0 Å². The standard InChI is InChI=1S/C9H10ClN3O5S/c10-9-6(2-1-3-11-9)19(17,18)13-4-7(14)12-5-8(15)16/h1-3,13H,4-5H2,(H,12,14)(H,15,16). The minimum atomic E-state index is -3.98. The third kappa shape index (κ3) is 4.81. The molecule has 0 atom stereocenters. The quantitative estimate of drug-likeness (QED) is 0.592. The summed E-state index contributed by atoms with van der Waals surface area (Å²) in [6.45, 7) is -1.19. The number of aliphatic carboxylic acids is 1. The summed E-state index contributed by atoms with van der Waals surface area (Å²) in [6.07, 6.45) is 1.32. The molecule has 0 bridgehead atoms. The van der Waals surface area contributed by atoms with E-state index < -0.39 is 35.0 Å². The van der Waals surface area contributed by atoms with Crippen LogP contribution in [0.15, 0.2) is 23.2 Å². The number of hydrogen-bond acceptors (Lipinski definition) is 5. The third-order valence-corrected chi connectivity index (χ3v) is 3.72. The third-order valence-electron chi connectivity index (χ3n) is 1.87. The van der Waals surface area contributed by atoms with Crippen LogP contribution < -0.4 is 10.0 Å². The second kappa shape index (κ2) is 6.45. The number of carboxylic acids is 1. The predicted molar refractivity (Wildman–Crippen MR) is 65.1 cm³/mol. The molecule has 0 aliphatic rings. The number of hydrogen-bond donors (Lipinski definition) is 3. The van der Waals surface area contributed by atoms with Crippen molar-refractivity contribution in [1.29, 1.82) is 0 Å². The highest BCUT2D eigenvalue weighted by Crippen LogP contribution is 2.16. The number of sulfonamides is 1. The molecular formula is C9H10ClN3O5S. The average Bonchev–Trinajstić information content (AvgIpc) is 2.34. The first kappa shape index (κ1) is 15.3. The summed E-state index contributed by atoms with van der Waals surface area (Å²) in [6, 6.07) is 2.61. The molecule has 3 N–H and O–H groups in total. The van der Waals surface area contributed by atoms with Gasteiger partial charge in [-0.2, -0.15) is 0 Å². The van der Waals surface area contributed by atoms with E-state index in [-0.39, 0.29) is 10.0 Å². The van der Waals surface area contributed by atoms with Gasteiger partial charge in [-0.25, -0.2) is 18.1 Å². The van der Waals surface area contributed by atoms with Gasteiger partial charge in [0.25, 0.3) is 0 Å². The molecule has 8 nitrogen and oxygen atoms in total. The van der Waals surface area contributed by atoms with Crippen molar-refractivity contribution in [3.05, 3.63) is 23.5 Å². The van der Waals surface area contributed by atoms with Crippen LogP contribution in [-0.4, -0.2) is 43.5 Å². The Labute approximate surface area is 113 Å². The van der Waals surface area contributed by atoms with Crippen molar-refractivity contribution < 1.29 is 23.1 Å². The van der Waals surface area contributed by atoms with E-state index in [1.807, 2.05) is 10.0 Å². The monoisotopic (exact) mass is 307 g/mol. The number of rotatable bonds is 6. The van der Waals surface area contributed by atoms with Gasteiger partial charge in [-0.05, 0) is 12.1 Å². The molecule has 0 spiro atoms. The Morgan fingerprint density at radius 3 is 2.63 bits per heavy atom. The van der Waals surface area contributed by atoms with Crippen molar-refractivity contribution in [2.24, 2.45) is 0 Å². The number of nitrogens with zero attached hydrogens (tertiary/aromatic N) is 1. The minimum absolute atomic E-state index is 0.221. The van der Waals surface area contributed by atoms with Crippen molar-refractivity contribution >= 4 is 33.5 Å². The summed E-state index contributed by atoms with van der Waals surface area (Å²) < 4.78 is 25.5. The van der Waals surface area contributed by atoms with Crippen LogP contribution in [0.2, 0.25) is 5.15 Å². The van der Waals surface area contributed by atoms with E-state index in [0.717, 1.165) is 0 Å². The number of halogens is 1. The fourth-order valence-electron chi connectivity index (χ4n) is 1.05. The average molecular weight is 308 g/mol. The molecular weight excluding hydrogens is 298 g/mol. The van der Waals surface area contributed by atoms with Gasteiger partial charge in [-0.3, -0.25) is 9.59 Å². The molecule has 0 unspecified atom stereocenters. The zero-order valence-corrected chi connectivity index (χ0v) is 11.0. The lowest BCUT2D eigenvalue weighted by Gasteiger charge is -2.07. The number of carbonyl (C=O) groups is 2. The van der Waals surface area contributed by atoms with Gasteiger partial charge in [0.05, 0.1) is 6.54 Å². The van der Waals surface area contributed by atoms with Gasteiger partial charge in [0.15, 0.2) is 0 Å². The summed E-state index contributed by atoms with van der Waals surface area (Å²) in [7, 11) is -3.98. The largest absolute Gasteiger partial charge is 0.480 e. The van der Waals surface area contributed by atoms with Gasteiger partial charge < -0.3 is 10.4 Å². The van der Waals surface area contributed by atoms with E-state index in [0.29, 0.717) is 0 Å². The van der Waals surface area contributed by atoms with E-state index in [2.05, 4.69) is 4.98 Å². The second-order valence-corrected chi connectivity index (χ2v) is 5.38. The Bertz CT molecular complexity index is 589. The number of aromatic nitrogens is 1. The smallest absolute Gasteiger partial charge is 0.322 e. The summed E-state index contributed by atoms with van der Waals surface area (Å²) in [5, 5.41) is 10.1. The van der Waals surface area contributed by atoms with Gasteiger partial charge in [0.2, 0.25) is 15.9 Å². The van der Waals surface area contributed by atoms with Gasteiger partial charge in [-0.15, -0.1) is 0 Å². The highest BCUT2D eigenvalue weighted by atomic mass is 35.5. The zero-order chi connectivity index (χ0) is 14.5. The highest BCUT2D eigenvalue weighted by molar-refractivity contribution is 7.89. The van der Waals surface area contributed by atoms with E-state index in [1.165, 1.54) is 18.3 Å². The van der Waals surface area contributed by atoms with Crippen LogP contribution in [-0.2, 0) is 19.6 Å². The van der Waals surface area contributed by atoms with Crippen molar-refractivity contribution in [1.82, 2.24) is 15.0 Å². The first-order valence-electron chi connectivity index (χ1n) is 4.91. The molecule has 104 valence electrons. The maximum atomic E-state index is 11.8. The first-order valence-corrected chi connectivity index (χ1v) is 6.77. The van der Waals surface area contributed by atoms with E-state index in [9.17, 15) is 18.0 Å². The molecule has 10 heteroatoms. The van der Waals surface area contributed by atoms with Gasteiger partial charge >= 0.3 is 5.97 Å². The van der Waals surface area contributed by atoms with Gasteiger partial charge in [0.1, 0.15) is 16.6 Å². The predicted octanol–water partition coefficient (Wildman–Crippen LogP) is -0.786. The fraction of sp³-hybridized carbons (Fsp3) is 0.222.